The Kier molecular flexibility index (Phi) is 3.74. The summed E-state index contributed by atoms with van der Waals surface area (Å²) in [5, 5.41) is 2.79. The molecule has 1 aliphatic heterocycles. The normalized spacial score (nSPS) is 16.8. The number of hydrogen-bond acceptors (Lipinski definition) is 2. The largest absolute Gasteiger partial charge is 0.381 e. The number of ether oxygens (including phenoxy) is 1. The second-order valence-electron chi connectivity index (χ2n) is 4.34. The lowest BCUT2D eigenvalue weighted by molar-refractivity contribution is -0.122. The van der Waals surface area contributed by atoms with Crippen molar-refractivity contribution in [2.24, 2.45) is 5.92 Å². The third-order valence-electron chi connectivity index (χ3n) is 3.05. The fourth-order valence-electron chi connectivity index (χ4n) is 1.92. The van der Waals surface area contributed by atoms with Gasteiger partial charge in [-0.05, 0) is 37.5 Å². The molecule has 0 aliphatic carbocycles. The molecule has 1 aromatic rings. The molecule has 0 spiro atoms. The Morgan fingerprint density at radius 3 is 2.82 bits per heavy atom. The molecule has 3 nitrogen and oxygen atoms in total. The minimum Gasteiger partial charge on any atom is -0.381 e. The molecule has 1 N–H and O–H groups in total. The van der Waals surface area contributed by atoms with Crippen molar-refractivity contribution in [3.8, 4) is 0 Å². The number of aryl methyl sites for hydroxylation is 1. The van der Waals surface area contributed by atoms with Gasteiger partial charge in [-0.2, -0.15) is 0 Å². The first kappa shape index (κ1) is 12.0. The van der Waals surface area contributed by atoms with E-state index in [-0.39, 0.29) is 17.6 Å². The monoisotopic (exact) mass is 237 g/mol. The molecule has 1 saturated heterocycles. The zero-order valence-electron chi connectivity index (χ0n) is 9.83. The number of amides is 1. The molecular weight excluding hydrogens is 221 g/mol. The molecule has 0 radical (unpaired) electrons. The summed E-state index contributed by atoms with van der Waals surface area (Å²) in [4.78, 5) is 11.9. The van der Waals surface area contributed by atoms with Gasteiger partial charge >= 0.3 is 0 Å². The smallest absolute Gasteiger partial charge is 0.227 e. The summed E-state index contributed by atoms with van der Waals surface area (Å²) in [6.45, 7) is 3.10. The van der Waals surface area contributed by atoms with Gasteiger partial charge < -0.3 is 10.1 Å². The van der Waals surface area contributed by atoms with Crippen LogP contribution in [-0.4, -0.2) is 19.1 Å². The molecule has 1 aromatic carbocycles. The van der Waals surface area contributed by atoms with Crippen molar-refractivity contribution in [1.29, 1.82) is 0 Å². The van der Waals surface area contributed by atoms with Gasteiger partial charge in [0.2, 0.25) is 5.91 Å². The second kappa shape index (κ2) is 5.27. The molecule has 1 aliphatic rings. The van der Waals surface area contributed by atoms with Gasteiger partial charge in [0.15, 0.2) is 0 Å². The van der Waals surface area contributed by atoms with E-state index in [0.717, 1.165) is 18.4 Å². The molecule has 0 atom stereocenters. The van der Waals surface area contributed by atoms with Crippen molar-refractivity contribution >= 4 is 11.6 Å². The zero-order chi connectivity index (χ0) is 12.3. The van der Waals surface area contributed by atoms with Crippen molar-refractivity contribution < 1.29 is 13.9 Å². The van der Waals surface area contributed by atoms with E-state index in [0.29, 0.717) is 18.9 Å². The van der Waals surface area contributed by atoms with Gasteiger partial charge in [-0.25, -0.2) is 4.39 Å². The predicted molar refractivity (Wildman–Crippen MR) is 63.3 cm³/mol. The van der Waals surface area contributed by atoms with Crippen LogP contribution < -0.4 is 5.32 Å². The summed E-state index contributed by atoms with van der Waals surface area (Å²) in [6, 6.07) is 4.40. The van der Waals surface area contributed by atoms with Gasteiger partial charge in [-0.1, -0.05) is 6.07 Å². The van der Waals surface area contributed by atoms with E-state index in [1.54, 1.807) is 6.07 Å². The summed E-state index contributed by atoms with van der Waals surface area (Å²) in [7, 11) is 0. The molecule has 1 heterocycles. The first-order chi connectivity index (χ1) is 8.16. The van der Waals surface area contributed by atoms with E-state index in [4.69, 9.17) is 4.74 Å². The Bertz CT molecular complexity index is 414. The molecule has 4 heteroatoms. The summed E-state index contributed by atoms with van der Waals surface area (Å²) >= 11 is 0. The predicted octanol–water partition coefficient (Wildman–Crippen LogP) is 2.50. The van der Waals surface area contributed by atoms with Gasteiger partial charge in [0.05, 0.1) is 0 Å². The van der Waals surface area contributed by atoms with Crippen LogP contribution in [0.15, 0.2) is 18.2 Å². The lowest BCUT2D eigenvalue weighted by Crippen LogP contribution is -2.28. The van der Waals surface area contributed by atoms with Crippen LogP contribution >= 0.6 is 0 Å². The van der Waals surface area contributed by atoms with Crippen molar-refractivity contribution in [1.82, 2.24) is 0 Å². The Morgan fingerprint density at radius 1 is 1.41 bits per heavy atom. The molecule has 1 fully saturated rings. The van der Waals surface area contributed by atoms with E-state index in [2.05, 4.69) is 5.32 Å². The first-order valence-corrected chi connectivity index (χ1v) is 5.81. The maximum atomic E-state index is 13.1. The Labute approximate surface area is 100.0 Å². The van der Waals surface area contributed by atoms with Crippen LogP contribution in [0.25, 0.3) is 0 Å². The highest BCUT2D eigenvalue weighted by Gasteiger charge is 2.21. The van der Waals surface area contributed by atoms with Crippen molar-refractivity contribution in [3.05, 3.63) is 29.6 Å². The third-order valence-corrected chi connectivity index (χ3v) is 3.05. The SMILES string of the molecule is Cc1ccc(F)cc1NC(=O)C1CCOCC1. The Morgan fingerprint density at radius 2 is 2.12 bits per heavy atom. The molecule has 2 rings (SSSR count). The average Bonchev–Trinajstić information content (AvgIpc) is 2.35. The van der Waals surface area contributed by atoms with E-state index in [1.807, 2.05) is 6.92 Å². The zero-order valence-corrected chi connectivity index (χ0v) is 9.83. The molecular formula is C13H16FNO2. The van der Waals surface area contributed by atoms with Gasteiger partial charge in [0.1, 0.15) is 5.82 Å². The maximum Gasteiger partial charge on any atom is 0.227 e. The molecule has 1 amide bonds. The van der Waals surface area contributed by atoms with Crippen LogP contribution in [0, 0.1) is 18.7 Å². The lowest BCUT2D eigenvalue weighted by Gasteiger charge is -2.21. The van der Waals surface area contributed by atoms with Gasteiger partial charge in [0.25, 0.3) is 0 Å². The summed E-state index contributed by atoms with van der Waals surface area (Å²) in [5.41, 5.74) is 1.42. The minimum absolute atomic E-state index is 0.0218. The summed E-state index contributed by atoms with van der Waals surface area (Å²) in [6.07, 6.45) is 1.47. The number of anilines is 1. The Hall–Kier alpha value is -1.42. The summed E-state index contributed by atoms with van der Waals surface area (Å²) in [5.74, 6) is -0.397. The molecule has 17 heavy (non-hydrogen) atoms. The van der Waals surface area contributed by atoms with Crippen molar-refractivity contribution in [3.63, 3.8) is 0 Å². The van der Waals surface area contributed by atoms with Crippen LogP contribution in [0.4, 0.5) is 10.1 Å². The average molecular weight is 237 g/mol. The topological polar surface area (TPSA) is 38.3 Å². The molecule has 0 saturated carbocycles. The number of hydrogen-bond donors (Lipinski definition) is 1. The van der Waals surface area contributed by atoms with E-state index >= 15 is 0 Å². The molecule has 0 bridgehead atoms. The molecule has 0 aromatic heterocycles. The number of rotatable bonds is 2. The van der Waals surface area contributed by atoms with Crippen molar-refractivity contribution in [2.75, 3.05) is 18.5 Å². The fourth-order valence-corrected chi connectivity index (χ4v) is 1.92. The van der Waals surface area contributed by atoms with Gasteiger partial charge in [0, 0.05) is 24.8 Å². The second-order valence-corrected chi connectivity index (χ2v) is 4.34. The number of carbonyl (C=O) groups is 1. The fraction of sp³-hybridized carbons (Fsp3) is 0.462. The standard InChI is InChI=1S/C13H16FNO2/c1-9-2-3-11(14)8-12(9)15-13(16)10-4-6-17-7-5-10/h2-3,8,10H,4-7H2,1H3,(H,15,16). The quantitative estimate of drug-likeness (QED) is 0.858. The van der Waals surface area contributed by atoms with Crippen LogP contribution in [0.1, 0.15) is 18.4 Å². The Balaban J connectivity index is 2.04. The van der Waals surface area contributed by atoms with Crippen LogP contribution in [-0.2, 0) is 9.53 Å². The number of benzene rings is 1. The first-order valence-electron chi connectivity index (χ1n) is 5.81. The maximum absolute atomic E-state index is 13.1. The lowest BCUT2D eigenvalue weighted by atomic mass is 9.99. The summed E-state index contributed by atoms with van der Waals surface area (Å²) < 4.78 is 18.3. The van der Waals surface area contributed by atoms with Crippen molar-refractivity contribution in [2.45, 2.75) is 19.8 Å². The number of carbonyl (C=O) groups excluding carboxylic acids is 1. The van der Waals surface area contributed by atoms with E-state index < -0.39 is 0 Å². The minimum atomic E-state index is -0.335. The van der Waals surface area contributed by atoms with E-state index in [9.17, 15) is 9.18 Å². The number of halogens is 1. The van der Waals surface area contributed by atoms with Gasteiger partial charge in [-0.15, -0.1) is 0 Å². The third kappa shape index (κ3) is 3.03. The molecule has 0 unspecified atom stereocenters. The highest BCUT2D eigenvalue weighted by Crippen LogP contribution is 2.20. The number of nitrogens with one attached hydrogen (secondary N) is 1. The highest BCUT2D eigenvalue weighted by atomic mass is 19.1. The molecule has 92 valence electrons. The van der Waals surface area contributed by atoms with Crippen LogP contribution in [0.5, 0.6) is 0 Å². The van der Waals surface area contributed by atoms with Gasteiger partial charge in [-0.3, -0.25) is 4.79 Å². The van der Waals surface area contributed by atoms with E-state index in [1.165, 1.54) is 12.1 Å². The van der Waals surface area contributed by atoms with Crippen LogP contribution in [0.2, 0.25) is 0 Å². The highest BCUT2D eigenvalue weighted by molar-refractivity contribution is 5.93. The van der Waals surface area contributed by atoms with Crippen LogP contribution in [0.3, 0.4) is 0 Å².